The number of ketones is 1. The molecule has 3 amide bonds. The summed E-state index contributed by atoms with van der Waals surface area (Å²) >= 11 is 0. The smallest absolute Gasteiger partial charge is 0.408 e. The molecular weight excluding hydrogens is 468 g/mol. The number of carboxylic acid groups (broad SMARTS) is 1. The Kier molecular flexibility index (Phi) is 10.9. The third-order valence-corrected chi connectivity index (χ3v) is 5.22. The van der Waals surface area contributed by atoms with Gasteiger partial charge in [-0.15, -0.1) is 0 Å². The number of carbonyl (C=O) groups is 5. The lowest BCUT2D eigenvalue weighted by Gasteiger charge is -2.18. The lowest BCUT2D eigenvalue weighted by Crippen LogP contribution is -2.44. The van der Waals surface area contributed by atoms with Crippen molar-refractivity contribution in [2.75, 3.05) is 5.73 Å². The van der Waals surface area contributed by atoms with Crippen molar-refractivity contribution in [1.29, 1.82) is 0 Å². The third-order valence-electron chi connectivity index (χ3n) is 5.22. The van der Waals surface area contributed by atoms with E-state index in [4.69, 9.17) is 16.2 Å². The maximum Gasteiger partial charge on any atom is 0.408 e. The van der Waals surface area contributed by atoms with Crippen molar-refractivity contribution >= 4 is 35.3 Å². The standard InChI is InChI=1S/C25H30N4O7/c26-18-8-6-16(7-9-18)14-20(24(33)34)28-23(32)13-11-21(30)19(10-12-22(27)31)29-25(35)36-15-17-4-2-1-3-5-17/h1-9,19-20H,10-15,26H2,(H2,27,31)(H,28,32)(H,29,35)(H,33,34)/t19-,20?/m0/s1. The van der Waals surface area contributed by atoms with E-state index in [1.165, 1.54) is 0 Å². The number of ether oxygens (including phenoxy) is 1. The predicted octanol–water partition coefficient (Wildman–Crippen LogP) is 1.29. The van der Waals surface area contributed by atoms with Crippen LogP contribution >= 0.6 is 0 Å². The highest BCUT2D eigenvalue weighted by Gasteiger charge is 2.25. The summed E-state index contributed by atoms with van der Waals surface area (Å²) in [5.41, 5.74) is 12.7. The fourth-order valence-corrected chi connectivity index (χ4v) is 3.27. The molecule has 0 bridgehead atoms. The minimum Gasteiger partial charge on any atom is -0.480 e. The van der Waals surface area contributed by atoms with Gasteiger partial charge in [0.1, 0.15) is 12.6 Å². The molecule has 2 aromatic rings. The number of primary amides is 1. The maximum atomic E-state index is 12.7. The number of aliphatic carboxylic acids is 1. The van der Waals surface area contributed by atoms with Gasteiger partial charge in [0.15, 0.2) is 5.78 Å². The van der Waals surface area contributed by atoms with E-state index in [0.717, 1.165) is 5.56 Å². The topological polar surface area (TPSA) is 191 Å². The first-order valence-corrected chi connectivity index (χ1v) is 11.3. The molecule has 0 aliphatic heterocycles. The minimum atomic E-state index is -1.23. The molecule has 0 aliphatic carbocycles. The molecule has 11 nitrogen and oxygen atoms in total. The van der Waals surface area contributed by atoms with Crippen LogP contribution in [-0.4, -0.2) is 46.9 Å². The molecule has 7 N–H and O–H groups in total. The van der Waals surface area contributed by atoms with E-state index in [1.54, 1.807) is 48.5 Å². The Morgan fingerprint density at radius 1 is 0.833 bits per heavy atom. The minimum absolute atomic E-state index is 0.0175. The van der Waals surface area contributed by atoms with Crippen LogP contribution in [0.4, 0.5) is 10.5 Å². The first kappa shape index (κ1) is 27.8. The molecule has 0 aliphatic rings. The molecule has 0 saturated heterocycles. The predicted molar refractivity (Wildman–Crippen MR) is 130 cm³/mol. The van der Waals surface area contributed by atoms with E-state index >= 15 is 0 Å². The molecule has 2 atom stereocenters. The van der Waals surface area contributed by atoms with Gasteiger partial charge in [0.2, 0.25) is 11.8 Å². The highest BCUT2D eigenvalue weighted by molar-refractivity contribution is 5.92. The lowest BCUT2D eigenvalue weighted by atomic mass is 10.0. The van der Waals surface area contributed by atoms with Gasteiger partial charge in [0, 0.05) is 31.4 Å². The van der Waals surface area contributed by atoms with E-state index in [-0.39, 0.29) is 38.7 Å². The van der Waals surface area contributed by atoms with Crippen molar-refractivity contribution in [3.05, 3.63) is 65.7 Å². The molecule has 0 spiro atoms. The van der Waals surface area contributed by atoms with E-state index in [0.29, 0.717) is 11.3 Å². The Balaban J connectivity index is 1.89. The van der Waals surface area contributed by atoms with Crippen LogP contribution in [0.25, 0.3) is 0 Å². The summed E-state index contributed by atoms with van der Waals surface area (Å²) in [6.45, 7) is -0.0175. The van der Waals surface area contributed by atoms with Crippen LogP contribution in [0.2, 0.25) is 0 Å². The van der Waals surface area contributed by atoms with E-state index in [1.807, 2.05) is 6.07 Å². The van der Waals surface area contributed by atoms with Gasteiger partial charge in [0.05, 0.1) is 6.04 Å². The first-order chi connectivity index (χ1) is 17.1. The first-order valence-electron chi connectivity index (χ1n) is 11.3. The number of Topliss-reactive ketones (excluding diaryl/α,β-unsaturated/α-hetero) is 1. The molecule has 0 saturated carbocycles. The molecule has 0 radical (unpaired) electrons. The fourth-order valence-electron chi connectivity index (χ4n) is 3.27. The zero-order valence-corrected chi connectivity index (χ0v) is 19.6. The van der Waals surface area contributed by atoms with E-state index in [2.05, 4.69) is 10.6 Å². The van der Waals surface area contributed by atoms with Crippen molar-refractivity contribution in [3.8, 4) is 0 Å². The molecule has 2 rings (SSSR count). The highest BCUT2D eigenvalue weighted by atomic mass is 16.5. The Bertz CT molecular complexity index is 1060. The molecule has 11 heteroatoms. The summed E-state index contributed by atoms with van der Waals surface area (Å²) in [6, 6.07) is 13.2. The number of hydrogen-bond donors (Lipinski definition) is 5. The maximum absolute atomic E-state index is 12.7. The Morgan fingerprint density at radius 3 is 2.11 bits per heavy atom. The Labute approximate surface area is 208 Å². The van der Waals surface area contributed by atoms with Crippen molar-refractivity contribution < 1.29 is 33.8 Å². The average Bonchev–Trinajstić information content (AvgIpc) is 2.85. The third kappa shape index (κ3) is 10.2. The SMILES string of the molecule is NC(=O)CC[C@H](NC(=O)OCc1ccccc1)C(=O)CCC(=O)NC(Cc1ccc(N)cc1)C(=O)O. The number of benzene rings is 2. The fraction of sp³-hybridized carbons (Fsp3) is 0.320. The zero-order valence-electron chi connectivity index (χ0n) is 19.6. The summed E-state index contributed by atoms with van der Waals surface area (Å²) in [5.74, 6) is -3.05. The van der Waals surface area contributed by atoms with E-state index < -0.39 is 41.7 Å². The Morgan fingerprint density at radius 2 is 1.50 bits per heavy atom. The normalized spacial score (nSPS) is 12.1. The monoisotopic (exact) mass is 498 g/mol. The van der Waals surface area contributed by atoms with Gasteiger partial charge < -0.3 is 31.9 Å². The largest absolute Gasteiger partial charge is 0.480 e. The molecule has 0 fully saturated rings. The van der Waals surface area contributed by atoms with Crippen LogP contribution in [0.3, 0.4) is 0 Å². The van der Waals surface area contributed by atoms with Crippen LogP contribution in [0.5, 0.6) is 0 Å². The van der Waals surface area contributed by atoms with Gasteiger partial charge in [-0.1, -0.05) is 42.5 Å². The zero-order chi connectivity index (χ0) is 26.5. The summed E-state index contributed by atoms with van der Waals surface area (Å²) in [6.07, 6.45) is -1.65. The number of rotatable bonds is 14. The number of nitrogen functional groups attached to an aromatic ring is 1. The summed E-state index contributed by atoms with van der Waals surface area (Å²) in [7, 11) is 0. The lowest BCUT2D eigenvalue weighted by molar-refractivity contribution is -0.141. The van der Waals surface area contributed by atoms with Crippen LogP contribution < -0.4 is 22.1 Å². The molecule has 1 unspecified atom stereocenters. The number of nitrogens with one attached hydrogen (secondary N) is 2. The van der Waals surface area contributed by atoms with Crippen LogP contribution in [-0.2, 0) is 36.9 Å². The highest BCUT2D eigenvalue weighted by Crippen LogP contribution is 2.10. The van der Waals surface area contributed by atoms with E-state index in [9.17, 15) is 29.1 Å². The van der Waals surface area contributed by atoms with Gasteiger partial charge in [-0.05, 0) is 29.7 Å². The Hall–Kier alpha value is -4.41. The molecule has 192 valence electrons. The second-order valence-electron chi connectivity index (χ2n) is 8.13. The number of hydrogen-bond acceptors (Lipinski definition) is 7. The van der Waals surface area contributed by atoms with Crippen molar-refractivity contribution in [2.45, 2.75) is 50.8 Å². The molecule has 2 aromatic carbocycles. The van der Waals surface area contributed by atoms with Gasteiger partial charge in [-0.25, -0.2) is 9.59 Å². The van der Waals surface area contributed by atoms with Crippen LogP contribution in [0, 0.1) is 0 Å². The quantitative estimate of drug-likeness (QED) is 0.241. The number of carbonyl (C=O) groups excluding carboxylic acids is 4. The number of alkyl carbamates (subject to hydrolysis) is 1. The van der Waals surface area contributed by atoms with Gasteiger partial charge in [0.25, 0.3) is 0 Å². The van der Waals surface area contributed by atoms with Gasteiger partial charge >= 0.3 is 12.1 Å². The number of nitrogens with two attached hydrogens (primary N) is 2. The molecule has 36 heavy (non-hydrogen) atoms. The van der Waals surface area contributed by atoms with Gasteiger partial charge in [-0.2, -0.15) is 0 Å². The van der Waals surface area contributed by atoms with Crippen molar-refractivity contribution in [3.63, 3.8) is 0 Å². The number of anilines is 1. The average molecular weight is 499 g/mol. The van der Waals surface area contributed by atoms with Crippen LogP contribution in [0.1, 0.15) is 36.8 Å². The molecule has 0 heterocycles. The molecule has 0 aromatic heterocycles. The second-order valence-corrected chi connectivity index (χ2v) is 8.13. The second kappa shape index (κ2) is 14.1. The summed E-state index contributed by atoms with van der Waals surface area (Å²) in [5, 5.41) is 14.2. The summed E-state index contributed by atoms with van der Waals surface area (Å²) in [4.78, 5) is 60.0. The van der Waals surface area contributed by atoms with Crippen LogP contribution in [0.15, 0.2) is 54.6 Å². The number of carboxylic acids is 1. The van der Waals surface area contributed by atoms with Crippen molar-refractivity contribution in [2.24, 2.45) is 5.73 Å². The van der Waals surface area contributed by atoms with Gasteiger partial charge in [-0.3, -0.25) is 14.4 Å². The number of amides is 3. The molecular formula is C25H30N4O7. The summed E-state index contributed by atoms with van der Waals surface area (Å²) < 4.78 is 5.11. The van der Waals surface area contributed by atoms with Crippen molar-refractivity contribution in [1.82, 2.24) is 10.6 Å².